The van der Waals surface area contributed by atoms with E-state index in [0.717, 1.165) is 23.4 Å². The Morgan fingerprint density at radius 3 is 2.75 bits per heavy atom. The first-order valence-electron chi connectivity index (χ1n) is 6.70. The van der Waals surface area contributed by atoms with Gasteiger partial charge in [0.25, 0.3) is 0 Å². The Hall–Kier alpha value is -1.94. The van der Waals surface area contributed by atoms with Gasteiger partial charge in [-0.3, -0.25) is 4.98 Å². The molecule has 0 spiro atoms. The van der Waals surface area contributed by atoms with Gasteiger partial charge in [0, 0.05) is 36.1 Å². The molecule has 0 amide bonds. The number of hydrogen-bond acceptors (Lipinski definition) is 3. The zero-order chi connectivity index (χ0) is 14.5. The normalized spacial score (nSPS) is 10.6. The van der Waals surface area contributed by atoms with E-state index in [1.165, 1.54) is 12.1 Å². The predicted molar refractivity (Wildman–Crippen MR) is 77.6 cm³/mol. The van der Waals surface area contributed by atoms with E-state index in [2.05, 4.69) is 10.3 Å². The van der Waals surface area contributed by atoms with E-state index < -0.39 is 0 Å². The van der Waals surface area contributed by atoms with Crippen molar-refractivity contribution in [1.29, 1.82) is 0 Å². The monoisotopic (exact) mass is 274 g/mol. The van der Waals surface area contributed by atoms with E-state index in [9.17, 15) is 4.39 Å². The van der Waals surface area contributed by atoms with Gasteiger partial charge in [-0.05, 0) is 32.0 Å². The summed E-state index contributed by atoms with van der Waals surface area (Å²) in [7, 11) is 0. The van der Waals surface area contributed by atoms with Crippen molar-refractivity contribution < 1.29 is 9.13 Å². The third-order valence-corrected chi connectivity index (χ3v) is 3.02. The average molecular weight is 274 g/mol. The molecule has 0 aliphatic heterocycles. The molecule has 0 saturated heterocycles. The van der Waals surface area contributed by atoms with Gasteiger partial charge in [0.05, 0.1) is 0 Å². The van der Waals surface area contributed by atoms with Crippen LogP contribution in [0.1, 0.15) is 23.7 Å². The van der Waals surface area contributed by atoms with Gasteiger partial charge >= 0.3 is 0 Å². The van der Waals surface area contributed by atoms with Crippen LogP contribution in [0.4, 0.5) is 4.39 Å². The number of pyridine rings is 1. The predicted octanol–water partition coefficient (Wildman–Crippen LogP) is 3.74. The summed E-state index contributed by atoms with van der Waals surface area (Å²) in [6.45, 7) is 7.38. The highest BCUT2D eigenvalue weighted by atomic mass is 19.1. The van der Waals surface area contributed by atoms with Gasteiger partial charge < -0.3 is 10.1 Å². The first kappa shape index (κ1) is 14.5. The van der Waals surface area contributed by atoms with Crippen LogP contribution in [0, 0.1) is 19.7 Å². The maximum Gasteiger partial charge on any atom is 0.135 e. The molecule has 1 aromatic heterocycles. The highest BCUT2D eigenvalue weighted by molar-refractivity contribution is 5.41. The highest BCUT2D eigenvalue weighted by Gasteiger charge is 2.09. The molecule has 2 aromatic rings. The lowest BCUT2D eigenvalue weighted by atomic mass is 10.2. The third-order valence-electron chi connectivity index (χ3n) is 3.02. The van der Waals surface area contributed by atoms with Crippen LogP contribution in [0.3, 0.4) is 0 Å². The van der Waals surface area contributed by atoms with Gasteiger partial charge in [0.1, 0.15) is 17.3 Å². The summed E-state index contributed by atoms with van der Waals surface area (Å²) in [4.78, 5) is 4.28. The standard InChI is InChI=1S/C16H19FN2O/c1-4-18-9-13-10-19-12(3)7-16(13)20-15-8-14(17)6-5-11(15)2/h5-8,10,18H,4,9H2,1-3H3. The van der Waals surface area contributed by atoms with Gasteiger partial charge in [0.2, 0.25) is 0 Å². The molecule has 4 heteroatoms. The minimum Gasteiger partial charge on any atom is -0.457 e. The Bertz CT molecular complexity index is 599. The van der Waals surface area contributed by atoms with E-state index in [1.807, 2.05) is 26.8 Å². The molecule has 0 fully saturated rings. The topological polar surface area (TPSA) is 34.2 Å². The van der Waals surface area contributed by atoms with Gasteiger partial charge in [-0.2, -0.15) is 0 Å². The number of ether oxygens (including phenoxy) is 1. The van der Waals surface area contributed by atoms with E-state index in [0.29, 0.717) is 18.0 Å². The average Bonchev–Trinajstić information content (AvgIpc) is 2.42. The Balaban J connectivity index is 2.31. The summed E-state index contributed by atoms with van der Waals surface area (Å²) in [5, 5.41) is 3.24. The third kappa shape index (κ3) is 3.54. The van der Waals surface area contributed by atoms with E-state index in [4.69, 9.17) is 4.74 Å². The second-order valence-electron chi connectivity index (χ2n) is 4.73. The van der Waals surface area contributed by atoms with Crippen LogP contribution in [-0.4, -0.2) is 11.5 Å². The minimum absolute atomic E-state index is 0.301. The molecule has 2 rings (SSSR count). The molecule has 0 unspecified atom stereocenters. The summed E-state index contributed by atoms with van der Waals surface area (Å²) in [6, 6.07) is 6.42. The van der Waals surface area contributed by atoms with Crippen molar-refractivity contribution in [3.63, 3.8) is 0 Å². The van der Waals surface area contributed by atoms with Crippen molar-refractivity contribution in [3.8, 4) is 11.5 Å². The first-order valence-corrected chi connectivity index (χ1v) is 6.70. The van der Waals surface area contributed by atoms with Gasteiger partial charge in [-0.15, -0.1) is 0 Å². The van der Waals surface area contributed by atoms with E-state index >= 15 is 0 Å². The lowest BCUT2D eigenvalue weighted by molar-refractivity contribution is 0.463. The fourth-order valence-electron chi connectivity index (χ4n) is 1.85. The summed E-state index contributed by atoms with van der Waals surface area (Å²) in [5.74, 6) is 0.949. The molecule has 0 aliphatic rings. The lowest BCUT2D eigenvalue weighted by Crippen LogP contribution is -2.13. The van der Waals surface area contributed by atoms with Crippen LogP contribution in [0.2, 0.25) is 0 Å². The number of benzene rings is 1. The molecule has 0 atom stereocenters. The number of halogens is 1. The van der Waals surface area contributed by atoms with Crippen LogP contribution < -0.4 is 10.1 Å². The number of nitrogens with zero attached hydrogens (tertiary/aromatic N) is 1. The van der Waals surface area contributed by atoms with Crippen molar-refractivity contribution in [2.24, 2.45) is 0 Å². The van der Waals surface area contributed by atoms with Crippen molar-refractivity contribution in [1.82, 2.24) is 10.3 Å². The quantitative estimate of drug-likeness (QED) is 0.902. The largest absolute Gasteiger partial charge is 0.457 e. The highest BCUT2D eigenvalue weighted by Crippen LogP contribution is 2.28. The molecule has 0 bridgehead atoms. The van der Waals surface area contributed by atoms with Crippen LogP contribution >= 0.6 is 0 Å². The number of aromatic nitrogens is 1. The maximum absolute atomic E-state index is 13.3. The molecular weight excluding hydrogens is 255 g/mol. The zero-order valence-electron chi connectivity index (χ0n) is 12.0. The summed E-state index contributed by atoms with van der Waals surface area (Å²) in [5.41, 5.74) is 2.73. The van der Waals surface area contributed by atoms with Gasteiger partial charge in [-0.25, -0.2) is 4.39 Å². The first-order chi connectivity index (χ1) is 9.60. The second kappa shape index (κ2) is 6.48. The molecular formula is C16H19FN2O. The summed E-state index contributed by atoms with van der Waals surface area (Å²) >= 11 is 0. The summed E-state index contributed by atoms with van der Waals surface area (Å²) in [6.07, 6.45) is 1.79. The molecule has 1 heterocycles. The van der Waals surface area contributed by atoms with Crippen molar-refractivity contribution >= 4 is 0 Å². The Labute approximate surface area is 118 Å². The van der Waals surface area contributed by atoms with Crippen molar-refractivity contribution in [2.45, 2.75) is 27.3 Å². The van der Waals surface area contributed by atoms with Crippen molar-refractivity contribution in [2.75, 3.05) is 6.54 Å². The number of rotatable bonds is 5. The summed E-state index contributed by atoms with van der Waals surface area (Å²) < 4.78 is 19.2. The number of hydrogen-bond donors (Lipinski definition) is 1. The lowest BCUT2D eigenvalue weighted by Gasteiger charge is -2.13. The van der Waals surface area contributed by atoms with Crippen LogP contribution in [0.5, 0.6) is 11.5 Å². The Morgan fingerprint density at radius 2 is 2.00 bits per heavy atom. The molecule has 106 valence electrons. The minimum atomic E-state index is -0.301. The van der Waals surface area contributed by atoms with Crippen molar-refractivity contribution in [3.05, 3.63) is 53.1 Å². The molecule has 3 nitrogen and oxygen atoms in total. The van der Waals surface area contributed by atoms with Crippen LogP contribution in [0.25, 0.3) is 0 Å². The van der Waals surface area contributed by atoms with Gasteiger partial charge in [-0.1, -0.05) is 13.0 Å². The van der Waals surface area contributed by atoms with Crippen LogP contribution in [-0.2, 0) is 6.54 Å². The Kier molecular flexibility index (Phi) is 4.69. The molecule has 1 N–H and O–H groups in total. The maximum atomic E-state index is 13.3. The number of aryl methyl sites for hydroxylation is 2. The molecule has 1 aromatic carbocycles. The fraction of sp³-hybridized carbons (Fsp3) is 0.312. The fourth-order valence-corrected chi connectivity index (χ4v) is 1.85. The van der Waals surface area contributed by atoms with E-state index in [-0.39, 0.29) is 5.82 Å². The molecule has 0 saturated carbocycles. The SMILES string of the molecule is CCNCc1cnc(C)cc1Oc1cc(F)ccc1C. The smallest absolute Gasteiger partial charge is 0.135 e. The van der Waals surface area contributed by atoms with Crippen LogP contribution in [0.15, 0.2) is 30.5 Å². The van der Waals surface area contributed by atoms with E-state index in [1.54, 1.807) is 12.3 Å². The molecule has 0 radical (unpaired) electrons. The molecule has 20 heavy (non-hydrogen) atoms. The number of nitrogens with one attached hydrogen (secondary N) is 1. The zero-order valence-corrected chi connectivity index (χ0v) is 12.0. The molecule has 0 aliphatic carbocycles. The van der Waals surface area contributed by atoms with Gasteiger partial charge in [0.15, 0.2) is 0 Å². The second-order valence-corrected chi connectivity index (χ2v) is 4.73. The Morgan fingerprint density at radius 1 is 1.20 bits per heavy atom.